The van der Waals surface area contributed by atoms with E-state index in [4.69, 9.17) is 16.3 Å². The van der Waals surface area contributed by atoms with Crippen molar-refractivity contribution in [2.75, 3.05) is 7.11 Å². The Hall–Kier alpha value is -2.32. The van der Waals surface area contributed by atoms with Crippen molar-refractivity contribution in [3.05, 3.63) is 46.2 Å². The van der Waals surface area contributed by atoms with Crippen LogP contribution in [-0.4, -0.2) is 22.7 Å². The monoisotopic (exact) mass is 303 g/mol. The van der Waals surface area contributed by atoms with Crippen LogP contribution in [0, 0.1) is 18.3 Å². The van der Waals surface area contributed by atoms with Gasteiger partial charge in [-0.25, -0.2) is 0 Å². The molecule has 0 spiro atoms. The van der Waals surface area contributed by atoms with Gasteiger partial charge in [0.05, 0.1) is 24.4 Å². The summed E-state index contributed by atoms with van der Waals surface area (Å²) in [4.78, 5) is 12.6. The fourth-order valence-electron chi connectivity index (χ4n) is 2.20. The number of hydrogen-bond donors (Lipinski definition) is 0. The van der Waals surface area contributed by atoms with Gasteiger partial charge in [-0.05, 0) is 25.1 Å². The molecule has 0 aliphatic carbocycles. The number of ketones is 1. The van der Waals surface area contributed by atoms with E-state index in [0.29, 0.717) is 27.6 Å². The van der Waals surface area contributed by atoms with Crippen molar-refractivity contribution in [3.8, 4) is 11.8 Å². The number of aryl methyl sites for hydroxylation is 2. The van der Waals surface area contributed by atoms with E-state index >= 15 is 0 Å². The molecule has 2 aromatic rings. The van der Waals surface area contributed by atoms with E-state index in [-0.39, 0.29) is 5.78 Å². The Morgan fingerprint density at radius 2 is 2.24 bits per heavy atom. The average molecular weight is 304 g/mol. The molecule has 0 aliphatic heterocycles. The Labute approximate surface area is 127 Å². The SMILES string of the molecule is COc1ccc(Cl)cc1C(C#N)C(=O)c1cn(C)nc1C. The van der Waals surface area contributed by atoms with Crippen LogP contribution in [0.25, 0.3) is 0 Å². The number of carbonyl (C=O) groups is 1. The maximum Gasteiger partial charge on any atom is 0.188 e. The molecule has 0 bridgehead atoms. The van der Waals surface area contributed by atoms with Crippen LogP contribution in [0.1, 0.15) is 27.5 Å². The van der Waals surface area contributed by atoms with E-state index < -0.39 is 5.92 Å². The van der Waals surface area contributed by atoms with Gasteiger partial charge in [0.15, 0.2) is 5.78 Å². The molecule has 1 atom stereocenters. The maximum atomic E-state index is 12.6. The topological polar surface area (TPSA) is 67.9 Å². The van der Waals surface area contributed by atoms with E-state index in [1.54, 1.807) is 43.0 Å². The number of Topliss-reactive ketones (excluding diaryl/α,β-unsaturated/α-hetero) is 1. The van der Waals surface area contributed by atoms with Gasteiger partial charge in [0, 0.05) is 23.8 Å². The van der Waals surface area contributed by atoms with Gasteiger partial charge in [-0.3, -0.25) is 9.48 Å². The van der Waals surface area contributed by atoms with E-state index in [1.165, 1.54) is 7.11 Å². The number of nitrogens with zero attached hydrogens (tertiary/aromatic N) is 3. The Bertz CT molecular complexity index is 731. The summed E-state index contributed by atoms with van der Waals surface area (Å²) in [5.74, 6) is -0.842. The van der Waals surface area contributed by atoms with Gasteiger partial charge in [-0.1, -0.05) is 11.6 Å². The first kappa shape index (κ1) is 15.1. The normalized spacial score (nSPS) is 11.8. The van der Waals surface area contributed by atoms with Crippen LogP contribution in [-0.2, 0) is 7.05 Å². The molecular formula is C15H14ClN3O2. The first-order valence-corrected chi connectivity index (χ1v) is 6.63. The van der Waals surface area contributed by atoms with Crippen molar-refractivity contribution >= 4 is 17.4 Å². The van der Waals surface area contributed by atoms with Crippen LogP contribution in [0.15, 0.2) is 24.4 Å². The summed E-state index contributed by atoms with van der Waals surface area (Å²) in [5.41, 5.74) is 1.47. The summed E-state index contributed by atoms with van der Waals surface area (Å²) in [6, 6.07) is 6.91. The lowest BCUT2D eigenvalue weighted by Gasteiger charge is -2.13. The van der Waals surface area contributed by atoms with Crippen LogP contribution >= 0.6 is 11.6 Å². The molecular weight excluding hydrogens is 290 g/mol. The van der Waals surface area contributed by atoms with Gasteiger partial charge in [-0.2, -0.15) is 10.4 Å². The largest absolute Gasteiger partial charge is 0.496 e. The zero-order valence-electron chi connectivity index (χ0n) is 11.9. The Morgan fingerprint density at radius 1 is 1.52 bits per heavy atom. The zero-order valence-corrected chi connectivity index (χ0v) is 12.7. The minimum Gasteiger partial charge on any atom is -0.496 e. The van der Waals surface area contributed by atoms with Crippen molar-refractivity contribution in [1.82, 2.24) is 9.78 Å². The molecule has 1 aromatic heterocycles. The molecule has 0 fully saturated rings. The van der Waals surface area contributed by atoms with Crippen LogP contribution in [0.3, 0.4) is 0 Å². The lowest BCUT2D eigenvalue weighted by molar-refractivity contribution is 0.0977. The number of methoxy groups -OCH3 is 1. The third-order valence-electron chi connectivity index (χ3n) is 3.17. The Balaban J connectivity index is 2.50. The minimum atomic E-state index is -0.985. The molecule has 6 heteroatoms. The van der Waals surface area contributed by atoms with Gasteiger partial charge in [0.1, 0.15) is 11.7 Å². The summed E-state index contributed by atoms with van der Waals surface area (Å²) in [5, 5.41) is 14.0. The standard InChI is InChI=1S/C15H14ClN3O2/c1-9-13(8-19(2)18-9)15(20)12(7-17)11-6-10(16)4-5-14(11)21-3/h4-6,8,12H,1-3H3. The first-order valence-electron chi connectivity index (χ1n) is 6.25. The molecule has 0 N–H and O–H groups in total. The van der Waals surface area contributed by atoms with Crippen molar-refractivity contribution in [2.45, 2.75) is 12.8 Å². The lowest BCUT2D eigenvalue weighted by atomic mass is 9.91. The minimum absolute atomic E-state index is 0.316. The second-order valence-electron chi connectivity index (χ2n) is 4.61. The van der Waals surface area contributed by atoms with Crippen LogP contribution in [0.4, 0.5) is 0 Å². The highest BCUT2D eigenvalue weighted by Gasteiger charge is 2.27. The molecule has 21 heavy (non-hydrogen) atoms. The number of carbonyl (C=O) groups excluding carboxylic acids is 1. The smallest absolute Gasteiger partial charge is 0.188 e. The van der Waals surface area contributed by atoms with E-state index in [2.05, 4.69) is 5.10 Å². The molecule has 0 saturated heterocycles. The van der Waals surface area contributed by atoms with Crippen molar-refractivity contribution in [3.63, 3.8) is 0 Å². The highest BCUT2D eigenvalue weighted by Crippen LogP contribution is 2.32. The second kappa shape index (κ2) is 5.98. The number of nitriles is 1. The second-order valence-corrected chi connectivity index (χ2v) is 5.05. The number of aromatic nitrogens is 2. The number of rotatable bonds is 4. The average Bonchev–Trinajstić information content (AvgIpc) is 2.78. The molecule has 2 rings (SSSR count). The van der Waals surface area contributed by atoms with Crippen molar-refractivity contribution in [2.24, 2.45) is 7.05 Å². The summed E-state index contributed by atoms with van der Waals surface area (Å²) in [7, 11) is 3.21. The third kappa shape index (κ3) is 2.91. The number of ether oxygens (including phenoxy) is 1. The summed E-state index contributed by atoms with van der Waals surface area (Å²) >= 11 is 5.97. The summed E-state index contributed by atoms with van der Waals surface area (Å²) < 4.78 is 6.77. The molecule has 0 aliphatic rings. The fourth-order valence-corrected chi connectivity index (χ4v) is 2.38. The number of hydrogen-bond acceptors (Lipinski definition) is 4. The fraction of sp³-hybridized carbons (Fsp3) is 0.267. The van der Waals surface area contributed by atoms with Crippen molar-refractivity contribution in [1.29, 1.82) is 5.26 Å². The molecule has 0 radical (unpaired) electrons. The van der Waals surface area contributed by atoms with Crippen LogP contribution in [0.5, 0.6) is 5.75 Å². The van der Waals surface area contributed by atoms with E-state index in [1.807, 2.05) is 6.07 Å². The highest BCUT2D eigenvalue weighted by atomic mass is 35.5. The molecule has 1 heterocycles. The molecule has 1 aromatic carbocycles. The maximum absolute atomic E-state index is 12.6. The highest BCUT2D eigenvalue weighted by molar-refractivity contribution is 6.30. The van der Waals surface area contributed by atoms with E-state index in [0.717, 1.165) is 0 Å². The Kier molecular flexibility index (Phi) is 4.29. The van der Waals surface area contributed by atoms with E-state index in [9.17, 15) is 10.1 Å². The van der Waals surface area contributed by atoms with Gasteiger partial charge >= 0.3 is 0 Å². The predicted octanol–water partition coefficient (Wildman–Crippen LogP) is 2.88. The predicted molar refractivity (Wildman–Crippen MR) is 78.6 cm³/mol. The summed E-state index contributed by atoms with van der Waals surface area (Å²) in [6.45, 7) is 1.73. The van der Waals surface area contributed by atoms with Crippen LogP contribution in [0.2, 0.25) is 5.02 Å². The van der Waals surface area contributed by atoms with Gasteiger partial charge < -0.3 is 4.74 Å². The lowest BCUT2D eigenvalue weighted by Crippen LogP contribution is -2.13. The number of halogens is 1. The molecule has 1 unspecified atom stereocenters. The molecule has 0 amide bonds. The third-order valence-corrected chi connectivity index (χ3v) is 3.41. The summed E-state index contributed by atoms with van der Waals surface area (Å²) in [6.07, 6.45) is 1.61. The van der Waals surface area contributed by atoms with Gasteiger partial charge in [0.25, 0.3) is 0 Å². The quantitative estimate of drug-likeness (QED) is 0.814. The molecule has 5 nitrogen and oxygen atoms in total. The Morgan fingerprint density at radius 3 is 2.76 bits per heavy atom. The van der Waals surface area contributed by atoms with Crippen LogP contribution < -0.4 is 4.74 Å². The van der Waals surface area contributed by atoms with Gasteiger partial charge in [0.2, 0.25) is 0 Å². The molecule has 0 saturated carbocycles. The first-order chi connectivity index (χ1) is 9.97. The number of benzene rings is 1. The van der Waals surface area contributed by atoms with Gasteiger partial charge in [-0.15, -0.1) is 0 Å². The van der Waals surface area contributed by atoms with Crippen molar-refractivity contribution < 1.29 is 9.53 Å². The molecule has 108 valence electrons. The zero-order chi connectivity index (χ0) is 15.6.